The van der Waals surface area contributed by atoms with Crippen molar-refractivity contribution in [2.24, 2.45) is 11.7 Å². The number of nitrogens with zero attached hydrogens (tertiary/aromatic N) is 2. The van der Waals surface area contributed by atoms with E-state index in [1.807, 2.05) is 13.1 Å². The molecule has 3 nitrogen and oxygen atoms in total. The smallest absolute Gasteiger partial charge is 0.129 e. The van der Waals surface area contributed by atoms with Gasteiger partial charge in [0.15, 0.2) is 0 Å². The molecule has 0 bridgehead atoms. The molecule has 2 rings (SSSR count). The van der Waals surface area contributed by atoms with E-state index in [1.165, 1.54) is 18.9 Å². The van der Waals surface area contributed by atoms with Crippen molar-refractivity contribution in [3.8, 4) is 6.07 Å². The first-order chi connectivity index (χ1) is 9.15. The Kier molecular flexibility index (Phi) is 4.52. The Balaban J connectivity index is 2.06. The van der Waals surface area contributed by atoms with Gasteiger partial charge >= 0.3 is 0 Å². The molecule has 2 N–H and O–H groups in total. The molecule has 1 fully saturated rings. The van der Waals surface area contributed by atoms with Gasteiger partial charge in [0.2, 0.25) is 0 Å². The minimum atomic E-state index is -0.298. The van der Waals surface area contributed by atoms with E-state index >= 15 is 0 Å². The van der Waals surface area contributed by atoms with E-state index in [2.05, 4.69) is 4.90 Å². The zero-order valence-corrected chi connectivity index (χ0v) is 11.3. The SMILES string of the molecule is CN(Cc1ccc(C#N)cc1F)C1CCCC1CN. The number of hydrogen-bond donors (Lipinski definition) is 1. The molecule has 102 valence electrons. The molecule has 0 aromatic heterocycles. The molecule has 1 aromatic carbocycles. The lowest BCUT2D eigenvalue weighted by Crippen LogP contribution is -2.37. The van der Waals surface area contributed by atoms with Crippen LogP contribution in [0.25, 0.3) is 0 Å². The second-order valence-corrected chi connectivity index (χ2v) is 5.33. The third-order valence-electron chi connectivity index (χ3n) is 4.09. The molecule has 0 spiro atoms. The summed E-state index contributed by atoms with van der Waals surface area (Å²) in [5, 5.41) is 8.73. The molecule has 0 heterocycles. The maximum absolute atomic E-state index is 13.9. The number of hydrogen-bond acceptors (Lipinski definition) is 3. The fourth-order valence-corrected chi connectivity index (χ4v) is 3.00. The lowest BCUT2D eigenvalue weighted by atomic mass is 10.0. The van der Waals surface area contributed by atoms with Crippen LogP contribution in [0, 0.1) is 23.1 Å². The summed E-state index contributed by atoms with van der Waals surface area (Å²) in [6.45, 7) is 1.27. The summed E-state index contributed by atoms with van der Waals surface area (Å²) < 4.78 is 13.9. The summed E-state index contributed by atoms with van der Waals surface area (Å²) in [7, 11) is 2.02. The van der Waals surface area contributed by atoms with Gasteiger partial charge in [-0.2, -0.15) is 5.26 Å². The molecular formula is C15H20FN3. The lowest BCUT2D eigenvalue weighted by Gasteiger charge is -2.29. The topological polar surface area (TPSA) is 53.0 Å². The Morgan fingerprint density at radius 1 is 1.47 bits per heavy atom. The second kappa shape index (κ2) is 6.14. The summed E-state index contributed by atoms with van der Waals surface area (Å²) >= 11 is 0. The van der Waals surface area contributed by atoms with Gasteiger partial charge in [-0.05, 0) is 44.5 Å². The molecule has 19 heavy (non-hydrogen) atoms. The molecule has 2 unspecified atom stereocenters. The Labute approximate surface area is 113 Å². The number of nitriles is 1. The first-order valence-corrected chi connectivity index (χ1v) is 6.74. The zero-order chi connectivity index (χ0) is 13.8. The summed E-state index contributed by atoms with van der Waals surface area (Å²) in [6, 6.07) is 7.07. The predicted octanol–water partition coefficient (Wildman–Crippen LogP) is 2.26. The van der Waals surface area contributed by atoms with Crippen LogP contribution in [-0.2, 0) is 6.54 Å². The number of benzene rings is 1. The molecule has 0 amide bonds. The van der Waals surface area contributed by atoms with Gasteiger partial charge in [0.1, 0.15) is 5.82 Å². The van der Waals surface area contributed by atoms with E-state index in [0.717, 1.165) is 6.42 Å². The van der Waals surface area contributed by atoms with Crippen molar-refractivity contribution in [3.05, 3.63) is 35.1 Å². The highest BCUT2D eigenvalue weighted by Crippen LogP contribution is 2.29. The highest BCUT2D eigenvalue weighted by atomic mass is 19.1. The van der Waals surface area contributed by atoms with Crippen LogP contribution in [0.4, 0.5) is 4.39 Å². The maximum Gasteiger partial charge on any atom is 0.129 e. The van der Waals surface area contributed by atoms with Gasteiger partial charge in [-0.15, -0.1) is 0 Å². The second-order valence-electron chi connectivity index (χ2n) is 5.33. The molecule has 0 radical (unpaired) electrons. The molecular weight excluding hydrogens is 241 g/mol. The number of rotatable bonds is 4. The van der Waals surface area contributed by atoms with Gasteiger partial charge in [-0.1, -0.05) is 12.5 Å². The first-order valence-electron chi connectivity index (χ1n) is 6.74. The van der Waals surface area contributed by atoms with Crippen LogP contribution >= 0.6 is 0 Å². The van der Waals surface area contributed by atoms with E-state index in [1.54, 1.807) is 12.1 Å². The third-order valence-corrected chi connectivity index (χ3v) is 4.09. The van der Waals surface area contributed by atoms with Crippen molar-refractivity contribution in [2.75, 3.05) is 13.6 Å². The van der Waals surface area contributed by atoms with Gasteiger partial charge < -0.3 is 5.73 Å². The predicted molar refractivity (Wildman–Crippen MR) is 72.8 cm³/mol. The minimum absolute atomic E-state index is 0.298. The quantitative estimate of drug-likeness (QED) is 0.904. The van der Waals surface area contributed by atoms with E-state index in [9.17, 15) is 4.39 Å². The Morgan fingerprint density at radius 2 is 2.26 bits per heavy atom. The van der Waals surface area contributed by atoms with E-state index in [0.29, 0.717) is 36.2 Å². The van der Waals surface area contributed by atoms with Crippen LogP contribution in [0.3, 0.4) is 0 Å². The van der Waals surface area contributed by atoms with Crippen molar-refractivity contribution in [2.45, 2.75) is 31.8 Å². The van der Waals surface area contributed by atoms with Gasteiger partial charge in [0.05, 0.1) is 11.6 Å². The van der Waals surface area contributed by atoms with Crippen molar-refractivity contribution >= 4 is 0 Å². The molecule has 1 aliphatic carbocycles. The average Bonchev–Trinajstić information content (AvgIpc) is 2.89. The Hall–Kier alpha value is -1.44. The zero-order valence-electron chi connectivity index (χ0n) is 11.3. The van der Waals surface area contributed by atoms with E-state index in [-0.39, 0.29) is 5.82 Å². The van der Waals surface area contributed by atoms with Crippen LogP contribution in [0.15, 0.2) is 18.2 Å². The largest absolute Gasteiger partial charge is 0.330 e. The van der Waals surface area contributed by atoms with Crippen LogP contribution in [0.1, 0.15) is 30.4 Å². The molecule has 2 atom stereocenters. The minimum Gasteiger partial charge on any atom is -0.330 e. The molecule has 1 aliphatic rings. The van der Waals surface area contributed by atoms with Crippen LogP contribution in [0.5, 0.6) is 0 Å². The molecule has 0 saturated heterocycles. The monoisotopic (exact) mass is 261 g/mol. The van der Waals surface area contributed by atoms with Gasteiger partial charge in [-0.3, -0.25) is 4.90 Å². The fourth-order valence-electron chi connectivity index (χ4n) is 3.00. The highest BCUT2D eigenvalue weighted by Gasteiger charge is 2.29. The standard InChI is InChI=1S/C15H20FN3/c1-19(15-4-2-3-12(15)9-18)10-13-6-5-11(8-17)7-14(13)16/h5-7,12,15H,2-4,9-10,18H2,1H3. The maximum atomic E-state index is 13.9. The van der Waals surface area contributed by atoms with Crippen molar-refractivity contribution in [3.63, 3.8) is 0 Å². The third kappa shape index (κ3) is 3.12. The first kappa shape index (κ1) is 14.0. The van der Waals surface area contributed by atoms with Gasteiger partial charge in [-0.25, -0.2) is 4.39 Å². The van der Waals surface area contributed by atoms with Gasteiger partial charge in [0.25, 0.3) is 0 Å². The van der Waals surface area contributed by atoms with Crippen molar-refractivity contribution in [1.82, 2.24) is 4.90 Å². The summed E-state index contributed by atoms with van der Waals surface area (Å²) in [4.78, 5) is 2.19. The molecule has 4 heteroatoms. The number of nitrogens with two attached hydrogens (primary N) is 1. The van der Waals surface area contributed by atoms with Crippen LogP contribution < -0.4 is 5.73 Å². The molecule has 1 aromatic rings. The summed E-state index contributed by atoms with van der Waals surface area (Å²) in [5.74, 6) is 0.222. The average molecular weight is 261 g/mol. The van der Waals surface area contributed by atoms with Crippen molar-refractivity contribution in [1.29, 1.82) is 5.26 Å². The van der Waals surface area contributed by atoms with Gasteiger partial charge in [0, 0.05) is 18.2 Å². The van der Waals surface area contributed by atoms with Crippen LogP contribution in [-0.4, -0.2) is 24.5 Å². The summed E-state index contributed by atoms with van der Waals surface area (Å²) in [6.07, 6.45) is 3.50. The summed E-state index contributed by atoms with van der Waals surface area (Å²) in [5.41, 5.74) is 6.79. The van der Waals surface area contributed by atoms with Crippen LogP contribution in [0.2, 0.25) is 0 Å². The fraction of sp³-hybridized carbons (Fsp3) is 0.533. The normalized spacial score (nSPS) is 22.7. The lowest BCUT2D eigenvalue weighted by molar-refractivity contribution is 0.191. The van der Waals surface area contributed by atoms with E-state index < -0.39 is 0 Å². The highest BCUT2D eigenvalue weighted by molar-refractivity contribution is 5.32. The number of halogens is 1. The Bertz CT molecular complexity index is 481. The molecule has 1 saturated carbocycles. The van der Waals surface area contributed by atoms with Crippen molar-refractivity contribution < 1.29 is 4.39 Å². The van der Waals surface area contributed by atoms with E-state index in [4.69, 9.17) is 11.0 Å². The Morgan fingerprint density at radius 3 is 2.89 bits per heavy atom. The molecule has 0 aliphatic heterocycles.